The van der Waals surface area contributed by atoms with E-state index in [4.69, 9.17) is 9.15 Å². The summed E-state index contributed by atoms with van der Waals surface area (Å²) in [6, 6.07) is 5.82. The van der Waals surface area contributed by atoms with Gasteiger partial charge in [0.1, 0.15) is 5.82 Å². The summed E-state index contributed by atoms with van der Waals surface area (Å²) in [5, 5.41) is 7.85. The van der Waals surface area contributed by atoms with E-state index < -0.39 is 0 Å². The third-order valence-electron chi connectivity index (χ3n) is 3.47. The normalized spacial score (nSPS) is 15.0. The molecule has 1 fully saturated rings. The molecule has 1 aliphatic heterocycles. The summed E-state index contributed by atoms with van der Waals surface area (Å²) in [5.74, 6) is 0.471. The number of nitrogens with zero attached hydrogens (tertiary/aromatic N) is 3. The van der Waals surface area contributed by atoms with Crippen molar-refractivity contribution < 1.29 is 18.3 Å². The molecular weight excluding hydrogens is 289 g/mol. The van der Waals surface area contributed by atoms with E-state index in [1.807, 2.05) is 0 Å². The highest BCUT2D eigenvalue weighted by atomic mass is 19.1. The van der Waals surface area contributed by atoms with Crippen LogP contribution in [-0.2, 0) is 16.0 Å². The Hall–Kier alpha value is -2.28. The number of amides is 1. The molecule has 0 saturated carbocycles. The molecule has 116 valence electrons. The SMILES string of the molecule is O=C(CCc1nnc(-c2ccc(F)cc2)o1)N1CCOCC1. The van der Waals surface area contributed by atoms with E-state index in [2.05, 4.69) is 10.2 Å². The van der Waals surface area contributed by atoms with Crippen molar-refractivity contribution in [3.8, 4) is 11.5 Å². The van der Waals surface area contributed by atoms with Gasteiger partial charge in [0.15, 0.2) is 0 Å². The summed E-state index contributed by atoms with van der Waals surface area (Å²) in [7, 11) is 0. The highest BCUT2D eigenvalue weighted by molar-refractivity contribution is 5.76. The van der Waals surface area contributed by atoms with Gasteiger partial charge < -0.3 is 14.1 Å². The van der Waals surface area contributed by atoms with Gasteiger partial charge in [0, 0.05) is 31.5 Å². The van der Waals surface area contributed by atoms with E-state index in [-0.39, 0.29) is 11.7 Å². The number of morpholine rings is 1. The number of halogens is 1. The zero-order chi connectivity index (χ0) is 15.4. The van der Waals surface area contributed by atoms with E-state index in [1.165, 1.54) is 12.1 Å². The Morgan fingerprint density at radius 1 is 1.18 bits per heavy atom. The molecule has 0 spiro atoms. The fraction of sp³-hybridized carbons (Fsp3) is 0.400. The maximum absolute atomic E-state index is 12.9. The summed E-state index contributed by atoms with van der Waals surface area (Å²) in [4.78, 5) is 13.8. The second-order valence-corrected chi connectivity index (χ2v) is 5.00. The van der Waals surface area contributed by atoms with Crippen LogP contribution in [0, 0.1) is 5.82 Å². The lowest BCUT2D eigenvalue weighted by molar-refractivity contribution is -0.135. The topological polar surface area (TPSA) is 68.5 Å². The Balaban J connectivity index is 1.57. The molecule has 7 heteroatoms. The first-order valence-electron chi connectivity index (χ1n) is 7.16. The predicted octanol–water partition coefficient (Wildman–Crippen LogP) is 1.67. The smallest absolute Gasteiger partial charge is 0.247 e. The lowest BCUT2D eigenvalue weighted by Gasteiger charge is -2.26. The van der Waals surface area contributed by atoms with Crippen molar-refractivity contribution in [3.63, 3.8) is 0 Å². The summed E-state index contributed by atoms with van der Waals surface area (Å²) in [6.45, 7) is 2.43. The zero-order valence-electron chi connectivity index (χ0n) is 12.0. The van der Waals surface area contributed by atoms with Crippen LogP contribution in [0.4, 0.5) is 4.39 Å². The molecular formula is C15H16FN3O3. The van der Waals surface area contributed by atoms with Crippen molar-refractivity contribution in [2.75, 3.05) is 26.3 Å². The summed E-state index contributed by atoms with van der Waals surface area (Å²) >= 11 is 0. The van der Waals surface area contributed by atoms with Gasteiger partial charge >= 0.3 is 0 Å². The molecule has 22 heavy (non-hydrogen) atoms. The van der Waals surface area contributed by atoms with Crippen LogP contribution >= 0.6 is 0 Å². The maximum Gasteiger partial charge on any atom is 0.247 e. The monoisotopic (exact) mass is 305 g/mol. The quantitative estimate of drug-likeness (QED) is 0.859. The minimum atomic E-state index is -0.320. The number of rotatable bonds is 4. The van der Waals surface area contributed by atoms with Gasteiger partial charge in [-0.05, 0) is 24.3 Å². The molecule has 2 heterocycles. The highest BCUT2D eigenvalue weighted by Gasteiger charge is 2.18. The molecule has 1 aromatic heterocycles. The molecule has 0 bridgehead atoms. The minimum Gasteiger partial charge on any atom is -0.421 e. The van der Waals surface area contributed by atoms with Crippen LogP contribution in [0.15, 0.2) is 28.7 Å². The third-order valence-corrected chi connectivity index (χ3v) is 3.47. The van der Waals surface area contributed by atoms with E-state index in [0.717, 1.165) is 0 Å². The number of aromatic nitrogens is 2. The molecule has 0 atom stereocenters. The van der Waals surface area contributed by atoms with Crippen LogP contribution in [0.25, 0.3) is 11.5 Å². The average Bonchev–Trinajstić information content (AvgIpc) is 3.03. The first kappa shape index (κ1) is 14.6. The Morgan fingerprint density at radius 3 is 2.64 bits per heavy atom. The Morgan fingerprint density at radius 2 is 1.91 bits per heavy atom. The van der Waals surface area contributed by atoms with E-state index in [1.54, 1.807) is 17.0 Å². The molecule has 0 unspecified atom stereocenters. The fourth-order valence-corrected chi connectivity index (χ4v) is 2.25. The van der Waals surface area contributed by atoms with Gasteiger partial charge in [-0.2, -0.15) is 0 Å². The van der Waals surface area contributed by atoms with Crippen molar-refractivity contribution in [1.29, 1.82) is 0 Å². The van der Waals surface area contributed by atoms with Gasteiger partial charge in [0.2, 0.25) is 17.7 Å². The summed E-state index contributed by atoms with van der Waals surface area (Å²) < 4.78 is 23.6. The molecule has 3 rings (SSSR count). The number of benzene rings is 1. The zero-order valence-corrected chi connectivity index (χ0v) is 12.0. The summed E-state index contributed by atoms with van der Waals surface area (Å²) in [6.07, 6.45) is 0.718. The van der Waals surface area contributed by atoms with Crippen molar-refractivity contribution in [2.24, 2.45) is 0 Å². The number of ether oxygens (including phenoxy) is 1. The molecule has 1 amide bonds. The molecule has 1 aliphatic rings. The number of carbonyl (C=O) groups is 1. The molecule has 1 aromatic carbocycles. The van der Waals surface area contributed by atoms with E-state index in [9.17, 15) is 9.18 Å². The molecule has 1 saturated heterocycles. The largest absolute Gasteiger partial charge is 0.421 e. The Bertz CT molecular complexity index is 636. The molecule has 0 N–H and O–H groups in total. The molecule has 0 aliphatic carbocycles. The fourth-order valence-electron chi connectivity index (χ4n) is 2.25. The van der Waals surface area contributed by atoms with Gasteiger partial charge in [-0.15, -0.1) is 10.2 Å². The van der Waals surface area contributed by atoms with Gasteiger partial charge in [0.25, 0.3) is 0 Å². The van der Waals surface area contributed by atoms with Crippen molar-refractivity contribution in [1.82, 2.24) is 15.1 Å². The van der Waals surface area contributed by atoms with Gasteiger partial charge in [0.05, 0.1) is 13.2 Å². The first-order valence-corrected chi connectivity index (χ1v) is 7.16. The summed E-state index contributed by atoms with van der Waals surface area (Å²) in [5.41, 5.74) is 0.652. The lowest BCUT2D eigenvalue weighted by atomic mass is 10.2. The van der Waals surface area contributed by atoms with Crippen LogP contribution in [0.2, 0.25) is 0 Å². The standard InChI is InChI=1S/C15H16FN3O3/c16-12-3-1-11(2-4-12)15-18-17-13(22-15)5-6-14(20)19-7-9-21-10-8-19/h1-4H,5-10H2. The van der Waals surface area contributed by atoms with Crippen molar-refractivity contribution >= 4 is 5.91 Å². The second-order valence-electron chi connectivity index (χ2n) is 5.00. The lowest BCUT2D eigenvalue weighted by Crippen LogP contribution is -2.40. The Kier molecular flexibility index (Phi) is 4.43. The van der Waals surface area contributed by atoms with Gasteiger partial charge in [-0.3, -0.25) is 4.79 Å². The number of hydrogen-bond donors (Lipinski definition) is 0. The molecule has 0 radical (unpaired) electrons. The van der Waals surface area contributed by atoms with Gasteiger partial charge in [-0.25, -0.2) is 4.39 Å². The second kappa shape index (κ2) is 6.65. The van der Waals surface area contributed by atoms with Crippen LogP contribution < -0.4 is 0 Å². The first-order chi connectivity index (χ1) is 10.7. The van der Waals surface area contributed by atoms with E-state index in [0.29, 0.717) is 56.5 Å². The average molecular weight is 305 g/mol. The molecule has 6 nitrogen and oxygen atoms in total. The van der Waals surface area contributed by atoms with E-state index >= 15 is 0 Å². The van der Waals surface area contributed by atoms with Crippen molar-refractivity contribution in [3.05, 3.63) is 36.0 Å². The highest BCUT2D eigenvalue weighted by Crippen LogP contribution is 2.18. The van der Waals surface area contributed by atoms with Crippen molar-refractivity contribution in [2.45, 2.75) is 12.8 Å². The predicted molar refractivity (Wildman–Crippen MR) is 75.4 cm³/mol. The van der Waals surface area contributed by atoms with Crippen LogP contribution in [-0.4, -0.2) is 47.3 Å². The maximum atomic E-state index is 12.9. The van der Waals surface area contributed by atoms with Gasteiger partial charge in [-0.1, -0.05) is 0 Å². The molecule has 2 aromatic rings. The number of carbonyl (C=O) groups excluding carboxylic acids is 1. The van der Waals surface area contributed by atoms with Crippen LogP contribution in [0.3, 0.4) is 0 Å². The van der Waals surface area contributed by atoms with Crippen LogP contribution in [0.1, 0.15) is 12.3 Å². The minimum absolute atomic E-state index is 0.0600. The Labute approximate surface area is 126 Å². The number of aryl methyl sites for hydroxylation is 1. The third kappa shape index (κ3) is 3.48. The number of hydrogen-bond acceptors (Lipinski definition) is 5. The van der Waals surface area contributed by atoms with Crippen LogP contribution in [0.5, 0.6) is 0 Å².